The first kappa shape index (κ1) is 20.2. The summed E-state index contributed by atoms with van der Waals surface area (Å²) in [5.74, 6) is 0. The van der Waals surface area contributed by atoms with Crippen LogP contribution in [0.1, 0.15) is 44.7 Å². The number of rotatable bonds is 3. The molecule has 3 rings (SSSR count). The Hall–Kier alpha value is -2.50. The Morgan fingerprint density at radius 1 is 1.07 bits per heavy atom. The molecule has 0 unspecified atom stereocenters. The lowest BCUT2D eigenvalue weighted by Crippen LogP contribution is -2.40. The Labute approximate surface area is 167 Å². The van der Waals surface area contributed by atoms with Crippen molar-refractivity contribution < 1.29 is 14.3 Å². The van der Waals surface area contributed by atoms with E-state index in [2.05, 4.69) is 30.3 Å². The van der Waals surface area contributed by atoms with E-state index in [1.807, 2.05) is 32.7 Å². The molecule has 1 aromatic rings. The molecule has 3 amide bonds. The zero-order valence-electron chi connectivity index (χ0n) is 17.4. The average molecular weight is 386 g/mol. The summed E-state index contributed by atoms with van der Waals surface area (Å²) in [5, 5.41) is 0. The fraction of sp³-hybridized carbons (Fsp3) is 0.545. The van der Waals surface area contributed by atoms with Crippen molar-refractivity contribution in [2.75, 3.05) is 33.2 Å². The summed E-state index contributed by atoms with van der Waals surface area (Å²) in [5.41, 5.74) is 3.20. The van der Waals surface area contributed by atoms with Crippen LogP contribution in [-0.4, -0.2) is 65.7 Å². The van der Waals surface area contributed by atoms with E-state index < -0.39 is 5.60 Å². The largest absolute Gasteiger partial charge is 0.444 e. The van der Waals surface area contributed by atoms with Crippen LogP contribution in [0.25, 0.3) is 6.08 Å². The Bertz CT molecular complexity index is 739. The van der Waals surface area contributed by atoms with Crippen molar-refractivity contribution in [3.05, 3.63) is 41.0 Å². The molecule has 152 valence electrons. The lowest BCUT2D eigenvalue weighted by Gasteiger charge is -2.31. The molecule has 6 nitrogen and oxygen atoms in total. The molecule has 2 fully saturated rings. The first-order chi connectivity index (χ1) is 13.2. The van der Waals surface area contributed by atoms with Gasteiger partial charge in [0.1, 0.15) is 5.60 Å². The molecular weight excluding hydrogens is 354 g/mol. The van der Waals surface area contributed by atoms with Crippen molar-refractivity contribution >= 4 is 18.2 Å². The van der Waals surface area contributed by atoms with Gasteiger partial charge in [-0.15, -0.1) is 0 Å². The quantitative estimate of drug-likeness (QED) is 0.791. The van der Waals surface area contributed by atoms with Crippen molar-refractivity contribution in [3.63, 3.8) is 0 Å². The number of likely N-dealkylation sites (N-methyl/N-ethyl adjacent to an activating group) is 1. The van der Waals surface area contributed by atoms with E-state index in [9.17, 15) is 9.59 Å². The number of amides is 3. The monoisotopic (exact) mass is 385 g/mol. The molecule has 28 heavy (non-hydrogen) atoms. The first-order valence-corrected chi connectivity index (χ1v) is 9.98. The molecule has 0 aromatic heterocycles. The number of carbonyl (C=O) groups is 2. The van der Waals surface area contributed by atoms with Gasteiger partial charge in [0.15, 0.2) is 0 Å². The van der Waals surface area contributed by atoms with Crippen LogP contribution >= 0.6 is 0 Å². The molecule has 2 heterocycles. The summed E-state index contributed by atoms with van der Waals surface area (Å²) in [7, 11) is 1.84. The second-order valence-electron chi connectivity index (χ2n) is 8.64. The van der Waals surface area contributed by atoms with Gasteiger partial charge in [-0.3, -0.25) is 0 Å². The third kappa shape index (κ3) is 5.27. The van der Waals surface area contributed by atoms with E-state index >= 15 is 0 Å². The number of carbonyl (C=O) groups excluding carboxylic acids is 2. The van der Waals surface area contributed by atoms with Crippen molar-refractivity contribution in [3.8, 4) is 0 Å². The second kappa shape index (κ2) is 8.25. The van der Waals surface area contributed by atoms with Gasteiger partial charge in [0.05, 0.1) is 0 Å². The molecule has 2 saturated heterocycles. The zero-order chi connectivity index (χ0) is 20.3. The maximum absolute atomic E-state index is 12.2. The fourth-order valence-electron chi connectivity index (χ4n) is 3.47. The molecular formula is C22H31N3O3. The van der Waals surface area contributed by atoms with Gasteiger partial charge in [-0.25, -0.2) is 9.59 Å². The van der Waals surface area contributed by atoms with Crippen LogP contribution in [0.2, 0.25) is 0 Å². The van der Waals surface area contributed by atoms with Crippen LogP contribution in [-0.2, 0) is 11.3 Å². The van der Waals surface area contributed by atoms with Crippen LogP contribution in [0.3, 0.4) is 0 Å². The minimum absolute atomic E-state index is 0.0999. The summed E-state index contributed by atoms with van der Waals surface area (Å²) < 4.78 is 5.45. The highest BCUT2D eigenvalue weighted by Crippen LogP contribution is 2.22. The molecule has 0 radical (unpaired) electrons. The zero-order valence-corrected chi connectivity index (χ0v) is 17.4. The number of hydrogen-bond donors (Lipinski definition) is 0. The van der Waals surface area contributed by atoms with E-state index in [4.69, 9.17) is 4.74 Å². The summed E-state index contributed by atoms with van der Waals surface area (Å²) in [6.07, 6.45) is 3.73. The molecule has 1 aromatic carbocycles. The molecule has 0 bridgehead atoms. The third-order valence-electron chi connectivity index (χ3n) is 5.08. The van der Waals surface area contributed by atoms with E-state index in [0.717, 1.165) is 37.1 Å². The lowest BCUT2D eigenvalue weighted by atomic mass is 10.0. The number of piperidine rings is 1. The topological polar surface area (TPSA) is 53.1 Å². The van der Waals surface area contributed by atoms with Crippen molar-refractivity contribution in [2.45, 2.75) is 45.8 Å². The van der Waals surface area contributed by atoms with Crippen LogP contribution in [0.4, 0.5) is 9.59 Å². The van der Waals surface area contributed by atoms with Gasteiger partial charge in [0.25, 0.3) is 0 Å². The van der Waals surface area contributed by atoms with Gasteiger partial charge in [0.2, 0.25) is 0 Å². The number of ether oxygens (including phenoxy) is 1. The van der Waals surface area contributed by atoms with Gasteiger partial charge in [-0.1, -0.05) is 35.9 Å². The van der Waals surface area contributed by atoms with Gasteiger partial charge < -0.3 is 19.4 Å². The minimum atomic E-state index is -0.454. The fourth-order valence-corrected chi connectivity index (χ4v) is 3.47. The Morgan fingerprint density at radius 2 is 1.71 bits per heavy atom. The van der Waals surface area contributed by atoms with Crippen molar-refractivity contribution in [1.82, 2.24) is 14.7 Å². The Kier molecular flexibility index (Phi) is 5.96. The summed E-state index contributed by atoms with van der Waals surface area (Å²) in [4.78, 5) is 29.6. The molecule has 0 N–H and O–H groups in total. The highest BCUT2D eigenvalue weighted by Gasteiger charge is 2.25. The van der Waals surface area contributed by atoms with Gasteiger partial charge in [-0.05, 0) is 44.7 Å². The minimum Gasteiger partial charge on any atom is -0.444 e. The SMILES string of the molecule is CN1CCN(Cc2ccc(C=C3CCN(C(=O)OC(C)(C)C)CC3)cc2)C1=O. The molecule has 0 spiro atoms. The predicted octanol–water partition coefficient (Wildman–Crippen LogP) is 3.97. The van der Waals surface area contributed by atoms with Crippen molar-refractivity contribution in [2.24, 2.45) is 0 Å². The molecule has 0 saturated carbocycles. The van der Waals surface area contributed by atoms with E-state index in [-0.39, 0.29) is 12.1 Å². The summed E-state index contributed by atoms with van der Waals surface area (Å²) in [6, 6.07) is 8.49. The van der Waals surface area contributed by atoms with E-state index in [1.54, 1.807) is 9.80 Å². The lowest BCUT2D eigenvalue weighted by molar-refractivity contribution is 0.0237. The van der Waals surface area contributed by atoms with Crippen LogP contribution in [0.15, 0.2) is 29.8 Å². The average Bonchev–Trinajstić information content (AvgIpc) is 2.94. The molecule has 0 aliphatic carbocycles. The maximum Gasteiger partial charge on any atom is 0.410 e. The Balaban J connectivity index is 1.52. The molecule has 2 aliphatic rings. The number of urea groups is 1. The maximum atomic E-state index is 12.2. The number of nitrogens with zero attached hydrogens (tertiary/aromatic N) is 3. The highest BCUT2D eigenvalue weighted by molar-refractivity contribution is 5.76. The highest BCUT2D eigenvalue weighted by atomic mass is 16.6. The molecule has 0 atom stereocenters. The second-order valence-corrected chi connectivity index (χ2v) is 8.64. The van der Waals surface area contributed by atoms with E-state index in [1.165, 1.54) is 5.57 Å². The predicted molar refractivity (Wildman–Crippen MR) is 110 cm³/mol. The van der Waals surface area contributed by atoms with Crippen molar-refractivity contribution in [1.29, 1.82) is 0 Å². The molecule has 6 heteroatoms. The number of likely N-dealkylation sites (tertiary alicyclic amines) is 1. The summed E-state index contributed by atoms with van der Waals surface area (Å²) >= 11 is 0. The normalized spacial score (nSPS) is 17.9. The summed E-state index contributed by atoms with van der Waals surface area (Å²) in [6.45, 7) is 9.31. The standard InChI is InChI=1S/C22H31N3O3/c1-22(2,3)28-21(27)24-11-9-18(10-12-24)15-17-5-7-19(8-6-17)16-25-14-13-23(4)20(25)26/h5-8,15H,9-14,16H2,1-4H3. The molecule has 2 aliphatic heterocycles. The van der Waals surface area contributed by atoms with Gasteiger partial charge in [-0.2, -0.15) is 0 Å². The van der Waals surface area contributed by atoms with Crippen LogP contribution < -0.4 is 0 Å². The van der Waals surface area contributed by atoms with Crippen LogP contribution in [0.5, 0.6) is 0 Å². The smallest absolute Gasteiger partial charge is 0.410 e. The number of hydrogen-bond acceptors (Lipinski definition) is 3. The van der Waals surface area contributed by atoms with Gasteiger partial charge in [0, 0.05) is 39.8 Å². The van der Waals surface area contributed by atoms with Gasteiger partial charge >= 0.3 is 12.1 Å². The number of benzene rings is 1. The van der Waals surface area contributed by atoms with Crippen LogP contribution in [0, 0.1) is 0 Å². The third-order valence-corrected chi connectivity index (χ3v) is 5.08. The Morgan fingerprint density at radius 3 is 2.25 bits per heavy atom. The van der Waals surface area contributed by atoms with E-state index in [0.29, 0.717) is 19.6 Å². The first-order valence-electron chi connectivity index (χ1n) is 9.98.